The van der Waals surface area contributed by atoms with E-state index in [9.17, 15) is 4.39 Å². The normalized spacial score (nSPS) is 12.3. The van der Waals surface area contributed by atoms with Crippen LogP contribution in [0.4, 0.5) is 10.1 Å². The molecule has 0 radical (unpaired) electrons. The monoisotopic (exact) mass is 221 g/mol. The van der Waals surface area contributed by atoms with Crippen LogP contribution in [0.5, 0.6) is 0 Å². The van der Waals surface area contributed by atoms with E-state index in [1.807, 2.05) is 30.3 Å². The van der Waals surface area contributed by atoms with Crippen molar-refractivity contribution in [3.8, 4) is 0 Å². The van der Waals surface area contributed by atoms with Crippen LogP contribution < -0.4 is 5.32 Å². The Morgan fingerprint density at radius 1 is 1.31 bits per heavy atom. The van der Waals surface area contributed by atoms with Crippen molar-refractivity contribution >= 4 is 5.69 Å². The van der Waals surface area contributed by atoms with E-state index >= 15 is 0 Å². The van der Waals surface area contributed by atoms with Gasteiger partial charge in [-0.3, -0.25) is 0 Å². The molecule has 1 N–H and O–H groups in total. The third kappa shape index (κ3) is 2.75. The molecule has 16 heavy (non-hydrogen) atoms. The molecule has 0 bridgehead atoms. The van der Waals surface area contributed by atoms with Gasteiger partial charge in [0.05, 0.1) is 0 Å². The lowest BCUT2D eigenvalue weighted by Gasteiger charge is -2.08. The maximum atomic E-state index is 13.4. The van der Waals surface area contributed by atoms with E-state index in [0.29, 0.717) is 13.0 Å². The predicted octanol–water partition coefficient (Wildman–Crippen LogP) is 1.64. The smallest absolute Gasteiger partial charge is 0.213 e. The molecule has 0 aliphatic heterocycles. The summed E-state index contributed by atoms with van der Waals surface area (Å²) in [7, 11) is 0. The average Bonchev–Trinajstić information content (AvgIpc) is 2.84. The first kappa shape index (κ1) is 10.5. The third-order valence-electron chi connectivity index (χ3n) is 2.10. The van der Waals surface area contributed by atoms with Gasteiger partial charge in [-0.2, -0.15) is 0 Å². The van der Waals surface area contributed by atoms with Crippen molar-refractivity contribution in [3.63, 3.8) is 0 Å². The molecular formula is C10H12FN5. The fraction of sp³-hybridized carbons (Fsp3) is 0.300. The Hall–Kier alpha value is -1.98. The lowest BCUT2D eigenvalue weighted by Crippen LogP contribution is -2.12. The minimum absolute atomic E-state index is 0.297. The molecule has 1 unspecified atom stereocenters. The van der Waals surface area contributed by atoms with Crippen LogP contribution in [-0.4, -0.2) is 26.8 Å². The van der Waals surface area contributed by atoms with Gasteiger partial charge in [0, 0.05) is 18.7 Å². The summed E-state index contributed by atoms with van der Waals surface area (Å²) in [6.07, 6.45) is 0.279. The summed E-state index contributed by atoms with van der Waals surface area (Å²) in [6.45, 7) is 0.521. The van der Waals surface area contributed by atoms with Gasteiger partial charge in [0.1, 0.15) is 0 Å². The molecule has 1 aromatic heterocycles. The van der Waals surface area contributed by atoms with Crippen LogP contribution in [0.1, 0.15) is 12.7 Å². The molecule has 0 amide bonds. The Labute approximate surface area is 92.3 Å². The average molecular weight is 221 g/mol. The molecule has 5 nitrogen and oxygen atoms in total. The number of anilines is 1. The van der Waals surface area contributed by atoms with E-state index in [1.165, 1.54) is 6.33 Å². The molecule has 0 spiro atoms. The fourth-order valence-electron chi connectivity index (χ4n) is 1.31. The number of hydrogen-bond acceptors (Lipinski definition) is 4. The summed E-state index contributed by atoms with van der Waals surface area (Å²) < 4.78 is 13.4. The van der Waals surface area contributed by atoms with Crippen molar-refractivity contribution in [1.29, 1.82) is 0 Å². The molecule has 2 aromatic rings. The van der Waals surface area contributed by atoms with Gasteiger partial charge >= 0.3 is 0 Å². The zero-order valence-electron chi connectivity index (χ0n) is 8.62. The lowest BCUT2D eigenvalue weighted by atomic mass is 10.3. The second kappa shape index (κ2) is 5.20. The Balaban J connectivity index is 1.76. The van der Waals surface area contributed by atoms with Crippen molar-refractivity contribution in [1.82, 2.24) is 20.2 Å². The summed E-state index contributed by atoms with van der Waals surface area (Å²) in [4.78, 5) is 0.965. The van der Waals surface area contributed by atoms with Crippen LogP contribution >= 0.6 is 0 Å². The highest BCUT2D eigenvalue weighted by Crippen LogP contribution is 2.10. The highest BCUT2D eigenvalue weighted by molar-refractivity contribution is 5.42. The van der Waals surface area contributed by atoms with Gasteiger partial charge in [0.15, 0.2) is 6.33 Å². The lowest BCUT2D eigenvalue weighted by molar-refractivity contribution is 0.184. The molecule has 0 aliphatic rings. The molecule has 2 rings (SSSR count). The van der Waals surface area contributed by atoms with Gasteiger partial charge in [0.25, 0.3) is 0 Å². The van der Waals surface area contributed by atoms with Gasteiger partial charge < -0.3 is 5.32 Å². The first-order valence-corrected chi connectivity index (χ1v) is 5.02. The van der Waals surface area contributed by atoms with Crippen molar-refractivity contribution in [2.45, 2.75) is 12.7 Å². The number of tetrazole rings is 1. The van der Waals surface area contributed by atoms with E-state index in [4.69, 9.17) is 0 Å². The molecule has 0 fully saturated rings. The number of aromatic nitrogens is 4. The number of alkyl halides is 1. The van der Waals surface area contributed by atoms with E-state index in [1.54, 1.807) is 0 Å². The molecule has 1 atom stereocenters. The maximum absolute atomic E-state index is 13.4. The summed E-state index contributed by atoms with van der Waals surface area (Å²) in [5.41, 5.74) is 0.973. The van der Waals surface area contributed by atoms with Crippen LogP contribution in [0.3, 0.4) is 0 Å². The van der Waals surface area contributed by atoms with Gasteiger partial charge in [-0.05, 0) is 17.3 Å². The molecule has 0 saturated carbocycles. The van der Waals surface area contributed by atoms with Gasteiger partial charge in [-0.1, -0.05) is 18.2 Å². The number of nitrogens with one attached hydrogen (secondary N) is 1. The number of benzene rings is 1. The number of halogens is 1. The highest BCUT2D eigenvalue weighted by atomic mass is 19.1. The Morgan fingerprint density at radius 3 is 2.81 bits per heavy atom. The minimum Gasteiger partial charge on any atom is -0.385 e. The summed E-state index contributed by atoms with van der Waals surface area (Å²) in [5.74, 6) is 0. The number of hydrogen-bond donors (Lipinski definition) is 1. The molecular weight excluding hydrogens is 209 g/mol. The Morgan fingerprint density at radius 2 is 2.12 bits per heavy atom. The quantitative estimate of drug-likeness (QED) is 0.834. The zero-order chi connectivity index (χ0) is 11.2. The molecule has 84 valence electrons. The number of rotatable bonds is 5. The predicted molar refractivity (Wildman–Crippen MR) is 57.5 cm³/mol. The topological polar surface area (TPSA) is 55.6 Å². The molecule has 0 saturated heterocycles. The molecule has 1 aromatic carbocycles. The van der Waals surface area contributed by atoms with Crippen molar-refractivity contribution in [2.75, 3.05) is 11.9 Å². The second-order valence-corrected chi connectivity index (χ2v) is 3.27. The first-order chi connectivity index (χ1) is 7.86. The van der Waals surface area contributed by atoms with E-state index in [0.717, 1.165) is 10.5 Å². The van der Waals surface area contributed by atoms with Crippen LogP contribution in [0.2, 0.25) is 0 Å². The first-order valence-electron chi connectivity index (χ1n) is 5.02. The van der Waals surface area contributed by atoms with E-state index in [-0.39, 0.29) is 0 Å². The molecule has 6 heteroatoms. The van der Waals surface area contributed by atoms with Crippen molar-refractivity contribution in [3.05, 3.63) is 36.7 Å². The second-order valence-electron chi connectivity index (χ2n) is 3.27. The summed E-state index contributed by atoms with van der Waals surface area (Å²) in [6, 6.07) is 9.65. The van der Waals surface area contributed by atoms with Crippen LogP contribution in [0.15, 0.2) is 36.7 Å². The van der Waals surface area contributed by atoms with Crippen LogP contribution in [0, 0.1) is 0 Å². The van der Waals surface area contributed by atoms with E-state index in [2.05, 4.69) is 20.7 Å². The summed E-state index contributed by atoms with van der Waals surface area (Å²) >= 11 is 0. The Kier molecular flexibility index (Phi) is 3.42. The van der Waals surface area contributed by atoms with Gasteiger partial charge in [0.2, 0.25) is 6.30 Å². The molecule has 0 aliphatic carbocycles. The number of nitrogens with zero attached hydrogens (tertiary/aromatic N) is 4. The standard InChI is InChI=1S/C10H12FN5/c11-10(16-14-8-13-15-16)6-7-12-9-4-2-1-3-5-9/h1-5,8,10,12H,6-7H2. The third-order valence-corrected chi connectivity index (χ3v) is 2.10. The van der Waals surface area contributed by atoms with Crippen LogP contribution in [0.25, 0.3) is 0 Å². The zero-order valence-corrected chi connectivity index (χ0v) is 8.62. The fourth-order valence-corrected chi connectivity index (χ4v) is 1.31. The van der Waals surface area contributed by atoms with Crippen molar-refractivity contribution in [2.24, 2.45) is 0 Å². The number of para-hydroxylation sites is 1. The largest absolute Gasteiger partial charge is 0.385 e. The SMILES string of the molecule is FC(CCNc1ccccc1)n1ncnn1. The van der Waals surface area contributed by atoms with Crippen LogP contribution in [-0.2, 0) is 0 Å². The van der Waals surface area contributed by atoms with Gasteiger partial charge in [-0.15, -0.1) is 15.0 Å². The van der Waals surface area contributed by atoms with E-state index < -0.39 is 6.30 Å². The Bertz CT molecular complexity index is 402. The highest BCUT2D eigenvalue weighted by Gasteiger charge is 2.09. The minimum atomic E-state index is -1.24. The molecule has 1 heterocycles. The van der Waals surface area contributed by atoms with Gasteiger partial charge in [-0.25, -0.2) is 4.39 Å². The van der Waals surface area contributed by atoms with Crippen molar-refractivity contribution < 1.29 is 4.39 Å². The summed E-state index contributed by atoms with van der Waals surface area (Å²) in [5, 5.41) is 13.7. The maximum Gasteiger partial charge on any atom is 0.213 e.